The Morgan fingerprint density at radius 3 is 2.65 bits per heavy atom. The first-order valence-electron chi connectivity index (χ1n) is 9.90. The second-order valence-corrected chi connectivity index (χ2v) is 8.14. The van der Waals surface area contributed by atoms with Gasteiger partial charge in [-0.05, 0) is 44.4 Å². The molecule has 160 valence electrons. The van der Waals surface area contributed by atoms with Gasteiger partial charge in [0.25, 0.3) is 5.91 Å². The first-order chi connectivity index (χ1) is 14.9. The Hall–Kier alpha value is -3.53. The molecule has 0 bridgehead atoms. The van der Waals surface area contributed by atoms with E-state index in [2.05, 4.69) is 30.8 Å². The smallest absolute Gasteiger partial charge is 0.269 e. The number of aromatic nitrogens is 6. The van der Waals surface area contributed by atoms with E-state index in [-0.39, 0.29) is 5.91 Å². The summed E-state index contributed by atoms with van der Waals surface area (Å²) in [5.41, 5.74) is 3.26. The molecule has 9 nitrogen and oxygen atoms in total. The summed E-state index contributed by atoms with van der Waals surface area (Å²) < 4.78 is 3.40. The largest absolute Gasteiger partial charge is 0.368 e. The fourth-order valence-electron chi connectivity index (χ4n) is 3.29. The maximum Gasteiger partial charge on any atom is 0.269 e. The monoisotopic (exact) mass is 436 g/mol. The third kappa shape index (κ3) is 4.64. The Bertz CT molecular complexity index is 1210. The minimum Gasteiger partial charge on any atom is -0.368 e. The summed E-state index contributed by atoms with van der Waals surface area (Å²) in [4.78, 5) is 22.5. The van der Waals surface area contributed by atoms with Crippen LogP contribution < -0.4 is 10.6 Å². The van der Waals surface area contributed by atoms with E-state index >= 15 is 0 Å². The lowest BCUT2D eigenvalue weighted by atomic mass is 10.3. The van der Waals surface area contributed by atoms with E-state index in [0.29, 0.717) is 36.2 Å². The van der Waals surface area contributed by atoms with Crippen LogP contribution >= 0.6 is 11.3 Å². The Morgan fingerprint density at radius 1 is 1.10 bits per heavy atom. The van der Waals surface area contributed by atoms with Crippen molar-refractivity contribution in [3.8, 4) is 16.4 Å². The number of thiophene rings is 1. The average molecular weight is 437 g/mol. The molecule has 0 spiro atoms. The van der Waals surface area contributed by atoms with E-state index in [1.165, 1.54) is 0 Å². The first-order valence-corrected chi connectivity index (χ1v) is 10.8. The highest BCUT2D eigenvalue weighted by molar-refractivity contribution is 7.13. The molecule has 31 heavy (non-hydrogen) atoms. The minimum atomic E-state index is -0.165. The van der Waals surface area contributed by atoms with Gasteiger partial charge in [0, 0.05) is 31.9 Å². The summed E-state index contributed by atoms with van der Waals surface area (Å²) in [6, 6.07) is 9.62. The van der Waals surface area contributed by atoms with Crippen molar-refractivity contribution in [2.45, 2.75) is 20.8 Å². The number of aryl methyl sites for hydroxylation is 4. The first kappa shape index (κ1) is 20.7. The van der Waals surface area contributed by atoms with Gasteiger partial charge in [0.15, 0.2) is 5.82 Å². The van der Waals surface area contributed by atoms with Gasteiger partial charge >= 0.3 is 0 Å². The SMILES string of the molecule is Cc1cc(C)n(-c2cc(NCCNC(=O)c3cc(-c4cccs4)nn3C)nc(C)n2)n1. The van der Waals surface area contributed by atoms with E-state index in [4.69, 9.17) is 0 Å². The summed E-state index contributed by atoms with van der Waals surface area (Å²) in [6.07, 6.45) is 0. The van der Waals surface area contributed by atoms with Crippen LogP contribution in [0.5, 0.6) is 0 Å². The van der Waals surface area contributed by atoms with Gasteiger partial charge in [-0.15, -0.1) is 11.3 Å². The van der Waals surface area contributed by atoms with E-state index in [1.807, 2.05) is 56.5 Å². The highest BCUT2D eigenvalue weighted by atomic mass is 32.1. The Labute approximate surface area is 184 Å². The molecule has 0 aromatic carbocycles. The van der Waals surface area contributed by atoms with Crippen molar-refractivity contribution in [3.63, 3.8) is 0 Å². The molecule has 1 amide bonds. The summed E-state index contributed by atoms with van der Waals surface area (Å²) in [5, 5.41) is 17.1. The molecule has 4 aromatic heterocycles. The highest BCUT2D eigenvalue weighted by Crippen LogP contribution is 2.23. The topological polar surface area (TPSA) is 103 Å². The van der Waals surface area contributed by atoms with Gasteiger partial charge < -0.3 is 10.6 Å². The van der Waals surface area contributed by atoms with Crippen LogP contribution in [0.2, 0.25) is 0 Å². The van der Waals surface area contributed by atoms with Crippen molar-refractivity contribution in [2.75, 3.05) is 18.4 Å². The van der Waals surface area contributed by atoms with Crippen LogP contribution in [0.4, 0.5) is 5.82 Å². The quantitative estimate of drug-likeness (QED) is 0.432. The van der Waals surface area contributed by atoms with Crippen molar-refractivity contribution in [1.29, 1.82) is 0 Å². The molecule has 0 aliphatic carbocycles. The third-order valence-electron chi connectivity index (χ3n) is 4.65. The Morgan fingerprint density at radius 2 is 1.94 bits per heavy atom. The molecule has 0 unspecified atom stereocenters. The van der Waals surface area contributed by atoms with E-state index in [1.54, 1.807) is 27.7 Å². The average Bonchev–Trinajstić information content (AvgIpc) is 3.45. The lowest BCUT2D eigenvalue weighted by Crippen LogP contribution is -2.30. The zero-order valence-electron chi connectivity index (χ0n) is 17.9. The number of amides is 1. The summed E-state index contributed by atoms with van der Waals surface area (Å²) in [6.45, 7) is 6.74. The number of carbonyl (C=O) groups is 1. The lowest BCUT2D eigenvalue weighted by molar-refractivity contribution is 0.0946. The Balaban J connectivity index is 1.36. The number of anilines is 1. The second kappa shape index (κ2) is 8.68. The molecule has 10 heteroatoms. The van der Waals surface area contributed by atoms with Crippen molar-refractivity contribution < 1.29 is 4.79 Å². The number of nitrogens with one attached hydrogen (secondary N) is 2. The normalized spacial score (nSPS) is 11.0. The standard InChI is InChI=1S/C21H24N8OS/c1-13-10-14(2)29(26-13)20-12-19(24-15(3)25-20)22-7-8-23-21(30)17-11-16(27-28(17)4)18-6-5-9-31-18/h5-6,9-12H,7-8H2,1-4H3,(H,23,30)(H,22,24,25). The van der Waals surface area contributed by atoms with Gasteiger partial charge in [0.05, 0.1) is 10.6 Å². The molecule has 4 aromatic rings. The van der Waals surface area contributed by atoms with Crippen LogP contribution in [-0.4, -0.2) is 48.5 Å². The highest BCUT2D eigenvalue weighted by Gasteiger charge is 2.14. The molecule has 0 aliphatic heterocycles. The number of hydrogen-bond acceptors (Lipinski definition) is 7. The van der Waals surface area contributed by atoms with Crippen LogP contribution in [0.15, 0.2) is 35.7 Å². The predicted molar refractivity (Wildman–Crippen MR) is 121 cm³/mol. The maximum absolute atomic E-state index is 12.6. The number of hydrogen-bond donors (Lipinski definition) is 2. The summed E-state index contributed by atoms with van der Waals surface area (Å²) in [7, 11) is 1.77. The summed E-state index contributed by atoms with van der Waals surface area (Å²) in [5.74, 6) is 1.87. The van der Waals surface area contributed by atoms with Crippen LogP contribution in [0.25, 0.3) is 16.4 Å². The molecule has 0 aliphatic rings. The van der Waals surface area contributed by atoms with Crippen molar-refractivity contribution in [2.24, 2.45) is 7.05 Å². The third-order valence-corrected chi connectivity index (χ3v) is 5.55. The molecule has 0 fully saturated rings. The number of carbonyl (C=O) groups excluding carboxylic acids is 1. The van der Waals surface area contributed by atoms with Crippen molar-refractivity contribution >= 4 is 23.1 Å². The summed E-state index contributed by atoms with van der Waals surface area (Å²) >= 11 is 1.60. The molecular formula is C21H24N8OS. The molecule has 4 rings (SSSR count). The van der Waals surface area contributed by atoms with Crippen LogP contribution in [-0.2, 0) is 7.05 Å². The molecular weight excluding hydrogens is 412 g/mol. The fraction of sp³-hybridized carbons (Fsp3) is 0.286. The lowest BCUT2D eigenvalue weighted by Gasteiger charge is -2.10. The van der Waals surface area contributed by atoms with Gasteiger partial charge in [-0.1, -0.05) is 6.07 Å². The van der Waals surface area contributed by atoms with Gasteiger partial charge in [-0.25, -0.2) is 14.6 Å². The van der Waals surface area contributed by atoms with E-state index in [9.17, 15) is 4.79 Å². The van der Waals surface area contributed by atoms with Crippen LogP contribution in [0.1, 0.15) is 27.7 Å². The molecule has 2 N–H and O–H groups in total. The molecule has 0 atom stereocenters. The number of nitrogens with zero attached hydrogens (tertiary/aromatic N) is 6. The zero-order chi connectivity index (χ0) is 22.0. The molecule has 0 saturated carbocycles. The second-order valence-electron chi connectivity index (χ2n) is 7.20. The molecule has 0 radical (unpaired) electrons. The molecule has 0 saturated heterocycles. The van der Waals surface area contributed by atoms with E-state index < -0.39 is 0 Å². The van der Waals surface area contributed by atoms with Gasteiger partial charge in [0.2, 0.25) is 0 Å². The predicted octanol–water partition coefficient (Wildman–Crippen LogP) is 2.89. The van der Waals surface area contributed by atoms with Crippen LogP contribution in [0.3, 0.4) is 0 Å². The van der Waals surface area contributed by atoms with Gasteiger partial charge in [-0.3, -0.25) is 9.48 Å². The fourth-order valence-corrected chi connectivity index (χ4v) is 3.97. The van der Waals surface area contributed by atoms with Gasteiger partial charge in [0.1, 0.15) is 23.0 Å². The van der Waals surface area contributed by atoms with Crippen molar-refractivity contribution in [1.82, 2.24) is 34.8 Å². The van der Waals surface area contributed by atoms with Gasteiger partial charge in [-0.2, -0.15) is 10.2 Å². The Kier molecular flexibility index (Phi) is 5.81. The maximum atomic E-state index is 12.6. The molecule has 4 heterocycles. The minimum absolute atomic E-state index is 0.165. The van der Waals surface area contributed by atoms with E-state index in [0.717, 1.165) is 22.0 Å². The number of rotatable bonds is 7. The zero-order valence-corrected chi connectivity index (χ0v) is 18.7. The van der Waals surface area contributed by atoms with Crippen LogP contribution in [0, 0.1) is 20.8 Å². The van der Waals surface area contributed by atoms with Crippen molar-refractivity contribution in [3.05, 3.63) is 58.6 Å².